The lowest BCUT2D eigenvalue weighted by molar-refractivity contribution is 0.182. The summed E-state index contributed by atoms with van der Waals surface area (Å²) in [6.45, 7) is 7.79. The van der Waals surface area contributed by atoms with Gasteiger partial charge in [-0.1, -0.05) is 37.3 Å². The molecule has 1 aromatic heterocycles. The van der Waals surface area contributed by atoms with Crippen molar-refractivity contribution in [3.05, 3.63) is 52.9 Å². The third kappa shape index (κ3) is 4.03. The molecule has 3 heterocycles. The summed E-state index contributed by atoms with van der Waals surface area (Å²) in [5.41, 5.74) is 7.80. The molecule has 0 bridgehead atoms. The van der Waals surface area contributed by atoms with E-state index in [4.69, 9.17) is 0 Å². The van der Waals surface area contributed by atoms with Crippen molar-refractivity contribution in [3.63, 3.8) is 0 Å². The van der Waals surface area contributed by atoms with Crippen LogP contribution >= 0.6 is 11.3 Å². The first kappa shape index (κ1) is 20.0. The van der Waals surface area contributed by atoms with Crippen LogP contribution in [0, 0.1) is 5.92 Å². The lowest BCUT2D eigenvalue weighted by atomic mass is 9.97. The number of nitrogens with zero attached hydrogens (tertiary/aromatic N) is 2. The van der Waals surface area contributed by atoms with Gasteiger partial charge < -0.3 is 0 Å². The van der Waals surface area contributed by atoms with E-state index in [0.29, 0.717) is 29.3 Å². The van der Waals surface area contributed by atoms with Gasteiger partial charge in [-0.3, -0.25) is 10.3 Å². The van der Waals surface area contributed by atoms with Crippen LogP contribution < -0.4 is 10.9 Å². The Kier molecular flexibility index (Phi) is 5.87. The molecule has 2 aliphatic rings. The Labute approximate surface area is 171 Å². The number of sulfonamides is 1. The summed E-state index contributed by atoms with van der Waals surface area (Å²) in [6.07, 6.45) is 0. The van der Waals surface area contributed by atoms with Crippen LogP contribution in [0.1, 0.15) is 30.3 Å². The Bertz CT molecular complexity index is 892. The number of nitrogens with one attached hydrogen (secondary N) is 2. The Morgan fingerprint density at radius 3 is 2.36 bits per heavy atom. The Morgan fingerprint density at radius 2 is 1.71 bits per heavy atom. The van der Waals surface area contributed by atoms with Crippen molar-refractivity contribution in [2.24, 2.45) is 5.92 Å². The van der Waals surface area contributed by atoms with Crippen molar-refractivity contribution in [1.82, 2.24) is 20.1 Å². The molecule has 3 unspecified atom stereocenters. The summed E-state index contributed by atoms with van der Waals surface area (Å²) in [4.78, 5) is 3.39. The number of benzene rings is 1. The van der Waals surface area contributed by atoms with E-state index in [1.165, 1.54) is 16.9 Å². The zero-order chi connectivity index (χ0) is 19.7. The van der Waals surface area contributed by atoms with Crippen molar-refractivity contribution in [2.45, 2.75) is 36.7 Å². The summed E-state index contributed by atoms with van der Waals surface area (Å²) in [7, 11) is -3.42. The van der Waals surface area contributed by atoms with Gasteiger partial charge in [0.25, 0.3) is 10.0 Å². The lowest BCUT2D eigenvalue weighted by Gasteiger charge is -2.33. The Morgan fingerprint density at radius 1 is 1.00 bits per heavy atom. The molecule has 152 valence electrons. The second-order valence-corrected chi connectivity index (χ2v) is 11.0. The maximum absolute atomic E-state index is 13.1. The molecule has 2 N–H and O–H groups in total. The number of rotatable bonds is 5. The number of hydrogen-bond acceptors (Lipinski definition) is 6. The van der Waals surface area contributed by atoms with E-state index in [2.05, 4.69) is 41.7 Å². The fraction of sp³-hybridized carbons (Fsp3) is 0.500. The topological polar surface area (TPSA) is 64.7 Å². The van der Waals surface area contributed by atoms with Gasteiger partial charge in [0.1, 0.15) is 4.21 Å². The van der Waals surface area contributed by atoms with Gasteiger partial charge in [0.05, 0.1) is 6.04 Å². The second-order valence-electron chi connectivity index (χ2n) is 7.74. The molecule has 3 atom stereocenters. The average Bonchev–Trinajstić information content (AvgIpc) is 3.31. The van der Waals surface area contributed by atoms with Crippen LogP contribution in [0.15, 0.2) is 46.7 Å². The minimum atomic E-state index is -3.42. The van der Waals surface area contributed by atoms with E-state index in [1.54, 1.807) is 10.4 Å². The summed E-state index contributed by atoms with van der Waals surface area (Å²) in [5, 5.41) is 0. The summed E-state index contributed by atoms with van der Waals surface area (Å²) >= 11 is 1.39. The van der Waals surface area contributed by atoms with Crippen molar-refractivity contribution in [1.29, 1.82) is 0 Å². The highest BCUT2D eigenvalue weighted by molar-refractivity contribution is 7.91. The number of hydrogen-bond donors (Lipinski definition) is 2. The lowest BCUT2D eigenvalue weighted by Crippen LogP contribution is -2.48. The SMILES string of the molecule is CC1NNC(c2ccc(S(=O)(=O)N3CCN(Cc4ccccc4)CC3)s2)C1C. The first-order chi connectivity index (χ1) is 13.4. The number of piperazine rings is 1. The average molecular weight is 421 g/mol. The van der Waals surface area contributed by atoms with Crippen LogP contribution in [0.3, 0.4) is 0 Å². The first-order valence-electron chi connectivity index (χ1n) is 9.82. The minimum Gasteiger partial charge on any atom is -0.296 e. The predicted octanol–water partition coefficient (Wildman–Crippen LogP) is 2.43. The second kappa shape index (κ2) is 8.22. The number of hydrazine groups is 1. The quantitative estimate of drug-likeness (QED) is 0.778. The fourth-order valence-electron chi connectivity index (χ4n) is 3.84. The molecule has 2 fully saturated rings. The molecule has 8 heteroatoms. The highest BCUT2D eigenvalue weighted by Gasteiger charge is 2.34. The normalized spacial score (nSPS) is 27.3. The highest BCUT2D eigenvalue weighted by atomic mass is 32.2. The minimum absolute atomic E-state index is 0.159. The maximum Gasteiger partial charge on any atom is 0.252 e. The third-order valence-electron chi connectivity index (χ3n) is 5.86. The van der Waals surface area contributed by atoms with E-state index < -0.39 is 10.0 Å². The van der Waals surface area contributed by atoms with Gasteiger partial charge >= 0.3 is 0 Å². The van der Waals surface area contributed by atoms with Crippen LogP contribution in [0.5, 0.6) is 0 Å². The zero-order valence-electron chi connectivity index (χ0n) is 16.3. The summed E-state index contributed by atoms with van der Waals surface area (Å²) < 4.78 is 28.3. The van der Waals surface area contributed by atoms with Crippen LogP contribution in [-0.4, -0.2) is 49.8 Å². The largest absolute Gasteiger partial charge is 0.296 e. The molecule has 4 rings (SSSR count). The molecule has 28 heavy (non-hydrogen) atoms. The van der Waals surface area contributed by atoms with Gasteiger partial charge in [0, 0.05) is 43.6 Å². The molecular weight excluding hydrogens is 392 g/mol. The molecule has 1 aromatic carbocycles. The molecule has 0 aliphatic carbocycles. The molecule has 0 amide bonds. The van der Waals surface area contributed by atoms with Gasteiger partial charge in [-0.25, -0.2) is 13.8 Å². The van der Waals surface area contributed by atoms with Crippen LogP contribution in [0.25, 0.3) is 0 Å². The zero-order valence-corrected chi connectivity index (χ0v) is 18.0. The molecule has 6 nitrogen and oxygen atoms in total. The molecule has 0 radical (unpaired) electrons. The van der Waals surface area contributed by atoms with E-state index in [9.17, 15) is 8.42 Å². The molecule has 2 aromatic rings. The van der Waals surface area contributed by atoms with Gasteiger partial charge in [-0.15, -0.1) is 11.3 Å². The summed E-state index contributed by atoms with van der Waals surface area (Å²) in [6, 6.07) is 14.6. The molecule has 2 aliphatic heterocycles. The van der Waals surface area contributed by atoms with Gasteiger partial charge in [-0.05, 0) is 30.5 Å². The molecular formula is C20H28N4O2S2. The molecule has 0 saturated carbocycles. The van der Waals surface area contributed by atoms with Crippen LogP contribution in [0.4, 0.5) is 0 Å². The number of thiophene rings is 1. The van der Waals surface area contributed by atoms with E-state index in [1.807, 2.05) is 24.3 Å². The monoisotopic (exact) mass is 420 g/mol. The molecule has 0 spiro atoms. The smallest absolute Gasteiger partial charge is 0.252 e. The van der Waals surface area contributed by atoms with Crippen molar-refractivity contribution in [2.75, 3.05) is 26.2 Å². The van der Waals surface area contributed by atoms with Gasteiger partial charge in [0.2, 0.25) is 0 Å². The van der Waals surface area contributed by atoms with Crippen LogP contribution in [-0.2, 0) is 16.6 Å². The van der Waals surface area contributed by atoms with Crippen molar-refractivity contribution >= 4 is 21.4 Å². The van der Waals surface area contributed by atoms with E-state index in [0.717, 1.165) is 24.5 Å². The standard InChI is InChI=1S/C20H28N4O2S2/c1-15-16(2)21-22-20(15)18-8-9-19(27-18)28(25,26)24-12-10-23(11-13-24)14-17-6-4-3-5-7-17/h3-9,15-16,20-22H,10-14H2,1-2H3. The molecule has 2 saturated heterocycles. The summed E-state index contributed by atoms with van der Waals surface area (Å²) in [5.74, 6) is 0.413. The predicted molar refractivity (Wildman–Crippen MR) is 112 cm³/mol. The van der Waals surface area contributed by atoms with Gasteiger partial charge in [0.15, 0.2) is 0 Å². The highest BCUT2D eigenvalue weighted by Crippen LogP contribution is 2.35. The van der Waals surface area contributed by atoms with E-state index >= 15 is 0 Å². The van der Waals surface area contributed by atoms with Crippen molar-refractivity contribution < 1.29 is 8.42 Å². The first-order valence-corrected chi connectivity index (χ1v) is 12.1. The Hall–Kier alpha value is -1.29. The van der Waals surface area contributed by atoms with Crippen molar-refractivity contribution in [3.8, 4) is 0 Å². The third-order valence-corrected chi connectivity index (χ3v) is 9.40. The van der Waals surface area contributed by atoms with Gasteiger partial charge in [-0.2, -0.15) is 4.31 Å². The van der Waals surface area contributed by atoms with Crippen LogP contribution in [0.2, 0.25) is 0 Å². The fourth-order valence-corrected chi connectivity index (χ4v) is 6.91. The maximum atomic E-state index is 13.1. The Balaban J connectivity index is 1.39. The van der Waals surface area contributed by atoms with E-state index in [-0.39, 0.29) is 6.04 Å².